The number of carboxylic acid groups (broad SMARTS) is 1. The number of benzene rings is 6. The molecule has 22 N–H and O–H groups in total. The highest BCUT2D eigenvalue weighted by Crippen LogP contribution is 2.52. The zero-order chi connectivity index (χ0) is 91.0. The molecule has 0 aromatic heterocycles. The number of aliphatic hydroxyl groups is 6. The molecule has 9 heterocycles. The third kappa shape index (κ3) is 20.5. The quantitative estimate of drug-likeness (QED) is 0.0522. The summed E-state index contributed by atoms with van der Waals surface area (Å²) in [6, 6.07) is 6.35. The molecule has 11 bridgehead atoms. The molecule has 126 heavy (non-hydrogen) atoms. The molecule has 0 radical (unpaired) electrons. The van der Waals surface area contributed by atoms with E-state index in [1.165, 1.54) is 51.2 Å². The summed E-state index contributed by atoms with van der Waals surface area (Å²) in [6.07, 6.45) is -22.9. The third-order valence-corrected chi connectivity index (χ3v) is 24.5. The number of amides is 7. The molecule has 41 heteroatoms. The maximum atomic E-state index is 16.7. The fourth-order valence-electron chi connectivity index (χ4n) is 16.6. The van der Waals surface area contributed by atoms with Crippen molar-refractivity contribution in [2.75, 3.05) is 40.0 Å². The topological polar surface area (TPSA) is 573 Å². The van der Waals surface area contributed by atoms with Crippen LogP contribution in [-0.2, 0) is 79.9 Å². The first-order chi connectivity index (χ1) is 59.7. The van der Waals surface area contributed by atoms with Gasteiger partial charge in [-0.2, -0.15) is 0 Å². The number of aliphatic hydroxyl groups excluding tert-OH is 6. The Labute approximate surface area is 740 Å². The number of carbonyl (C=O) groups is 8. The van der Waals surface area contributed by atoms with Crippen molar-refractivity contribution in [2.45, 2.75) is 214 Å². The van der Waals surface area contributed by atoms with Crippen LogP contribution in [0.25, 0.3) is 11.1 Å². The minimum absolute atomic E-state index is 0.120. The second kappa shape index (κ2) is 39.1. The zero-order valence-electron chi connectivity index (χ0n) is 69.3. The van der Waals surface area contributed by atoms with Crippen molar-refractivity contribution in [1.29, 1.82) is 0 Å². The number of fused-ring (bicyclic) bond motifs is 15. The molecule has 0 spiro atoms. The van der Waals surface area contributed by atoms with E-state index in [1.807, 2.05) is 38.1 Å². The standard InChI is InChI=1S/C85H102BrCl2N11O27/c1-35(2)21-49(91-7)76(110)97-65-67(104)40-12-15-53(47(87)24-40)121-55-26-42-27-56(72(55)126-83-73(70(107)69(106)57(34-100)123-83)125-60-31-85(6,75(109)37(4)120-60)92-32-38-9-8-10-43(86)22-38)122-54-16-13-41(25-48(54)88)71(124-59-30-84(5,90)74(108)36(3)119-59)66-81(115)96-64(82(116)117)45-28-52(102)46(33-99-17-19-118-20-18-99)68(105)61(45)44-23-39(11-14-51(44)101)62(78(112)98-66)95-79(113)63(42)94-77(111)50(29-58(89)103)93-80(65)114/h8-16,22-28,35-37,49-50,57,59-60,62-67,69-71,73-75,83,91-92,100-102,104-109H,17-21,29-34,90H2,1-7H3,(H2,89,103)(H,93,114)(H,94,111)(H,95,113)(H,96,115)(H,97,110)(H,98,112)(H,116,117)/t36-,37-,49+,50-,57-,59-,60-,62+,63+,64+,65+,66-,67+,69-,70+,71+,73-,74+,75+,83+,84-,85-/m0/s1. The summed E-state index contributed by atoms with van der Waals surface area (Å²) in [6.45, 7) is 9.94. The van der Waals surface area contributed by atoms with Crippen molar-refractivity contribution in [2.24, 2.45) is 17.4 Å². The highest BCUT2D eigenvalue weighted by Gasteiger charge is 2.53. The van der Waals surface area contributed by atoms with E-state index in [1.54, 1.807) is 18.7 Å². The first kappa shape index (κ1) is 93.9. The van der Waals surface area contributed by atoms with Gasteiger partial charge in [-0.1, -0.05) is 83.3 Å². The summed E-state index contributed by atoms with van der Waals surface area (Å²) in [5.74, 6) is -16.0. The number of carbonyl (C=O) groups excluding carboxylic acids is 7. The minimum atomic E-state index is -2.41. The van der Waals surface area contributed by atoms with Crippen molar-refractivity contribution < 1.29 is 132 Å². The Morgan fingerprint density at radius 3 is 1.95 bits per heavy atom. The fourth-order valence-corrected chi connectivity index (χ4v) is 17.5. The van der Waals surface area contributed by atoms with E-state index in [2.05, 4.69) is 58.5 Å². The number of aromatic hydroxyl groups is 3. The maximum Gasteiger partial charge on any atom is 0.330 e. The second-order valence-electron chi connectivity index (χ2n) is 33.3. The number of rotatable bonds is 20. The Balaban J connectivity index is 1.05. The molecule has 0 saturated carbocycles. The number of morpholine rings is 1. The summed E-state index contributed by atoms with van der Waals surface area (Å²) in [5.41, 5.74) is 7.73. The predicted octanol–water partition coefficient (Wildman–Crippen LogP) is 2.77. The minimum Gasteiger partial charge on any atom is -0.507 e. The van der Waals surface area contributed by atoms with Crippen LogP contribution in [0.1, 0.15) is 137 Å². The van der Waals surface area contributed by atoms with Gasteiger partial charge in [0.15, 0.2) is 36.2 Å². The average molecular weight is 1860 g/mol. The Morgan fingerprint density at radius 1 is 0.698 bits per heavy atom. The molecule has 6 aromatic rings. The van der Waals surface area contributed by atoms with Crippen LogP contribution in [0, 0.1) is 5.92 Å². The first-order valence-electron chi connectivity index (χ1n) is 40.8. The largest absolute Gasteiger partial charge is 0.507 e. The van der Waals surface area contributed by atoms with Crippen LogP contribution >= 0.6 is 39.1 Å². The number of phenolic OH excluding ortho intramolecular Hbond substituents is 3. The normalized spacial score (nSPS) is 30.5. The van der Waals surface area contributed by atoms with E-state index < -0.39 is 261 Å². The van der Waals surface area contributed by atoms with Crippen molar-refractivity contribution >= 4 is 86.5 Å². The van der Waals surface area contributed by atoms with Crippen molar-refractivity contribution in [3.05, 3.63) is 151 Å². The molecular weight excluding hydrogens is 1760 g/mol. The fraction of sp³-hybridized carbons (Fsp3) is 0.482. The van der Waals surface area contributed by atoms with Gasteiger partial charge in [0.1, 0.15) is 89.5 Å². The third-order valence-electron chi connectivity index (χ3n) is 23.5. The number of aliphatic carboxylic acids is 1. The zero-order valence-corrected chi connectivity index (χ0v) is 72.4. The van der Waals surface area contributed by atoms with Crippen LogP contribution in [0.2, 0.25) is 10.0 Å². The monoisotopic (exact) mass is 1860 g/mol. The Morgan fingerprint density at radius 2 is 1.33 bits per heavy atom. The Bertz CT molecular complexity index is 5110. The van der Waals surface area contributed by atoms with E-state index in [-0.39, 0.29) is 97.6 Å². The van der Waals surface area contributed by atoms with Gasteiger partial charge in [0, 0.05) is 71.3 Å². The smallest absolute Gasteiger partial charge is 0.330 e. The molecular formula is C85H102BrCl2N11O27. The molecule has 6 aromatic carbocycles. The molecule has 22 atom stereocenters. The highest BCUT2D eigenvalue weighted by molar-refractivity contribution is 9.10. The van der Waals surface area contributed by atoms with E-state index >= 15 is 24.0 Å². The van der Waals surface area contributed by atoms with Crippen LogP contribution in [0.15, 0.2) is 102 Å². The lowest BCUT2D eigenvalue weighted by atomic mass is 9.84. The average Bonchev–Trinajstić information content (AvgIpc) is 0.753. The summed E-state index contributed by atoms with van der Waals surface area (Å²) in [4.78, 5) is 124. The molecule has 680 valence electrons. The number of likely N-dealkylation sites (N-methyl/N-ethyl adjacent to an activating group) is 1. The van der Waals surface area contributed by atoms with Crippen LogP contribution in [0.3, 0.4) is 0 Å². The van der Waals surface area contributed by atoms with Crippen LogP contribution in [0.5, 0.6) is 46.0 Å². The van der Waals surface area contributed by atoms with Gasteiger partial charge in [0.05, 0.1) is 72.3 Å². The number of phenols is 3. The first-order valence-corrected chi connectivity index (χ1v) is 42.3. The summed E-state index contributed by atoms with van der Waals surface area (Å²) in [7, 11) is 1.48. The molecule has 4 fully saturated rings. The van der Waals surface area contributed by atoms with Gasteiger partial charge in [-0.15, -0.1) is 0 Å². The number of hydrogen-bond donors (Lipinski definition) is 20. The molecule has 7 amide bonds. The van der Waals surface area contributed by atoms with Gasteiger partial charge in [-0.25, -0.2) is 4.79 Å². The molecule has 0 aliphatic carbocycles. The maximum absolute atomic E-state index is 16.7. The molecule has 0 unspecified atom stereocenters. The summed E-state index contributed by atoms with van der Waals surface area (Å²) in [5, 5.41) is 140. The Hall–Kier alpha value is -9.70. The molecule has 4 saturated heterocycles. The Kier molecular flexibility index (Phi) is 29.1. The SMILES string of the molecule is CN[C@H](CC(C)C)C(=O)N[C@H]1C(=O)N[C@@H](CC(N)=O)C(=O)N[C@H]2C(=O)N[C@H]3C(=O)N[C@H](C(=O)N[C@@H](C(=O)O)c4cc(O)c(CN5CCOCC5)c(O)c4-c4cc3ccc4O)[C@H](O[C@H]3C[C@](C)(N)[C@H](O)[C@H](C)O3)c3ccc(c(Cl)c3)Oc3cc2cc(c3O[C@H]2O[C@@H](CO)[C@H](O)[C@@H](O)[C@@H]2O[C@H]2C[C@](C)(NCc3cccc(Br)c3)[C@H](O)[C@H](C)O2)Oc2ccc(cc2Cl)[C@H]1O. The molecule has 9 aliphatic heterocycles. The van der Waals surface area contributed by atoms with Crippen molar-refractivity contribution in [1.82, 2.24) is 47.4 Å². The lowest BCUT2D eigenvalue weighted by molar-refractivity contribution is -0.334. The second-order valence-corrected chi connectivity index (χ2v) is 35.0. The van der Waals surface area contributed by atoms with Gasteiger partial charge < -0.3 is 148 Å². The van der Waals surface area contributed by atoms with Crippen LogP contribution < -0.4 is 68.2 Å². The number of ether oxygens (including phenoxy) is 9. The number of primary amides is 1. The lowest BCUT2D eigenvalue weighted by Crippen LogP contribution is -2.65. The number of nitrogens with zero attached hydrogens (tertiary/aromatic N) is 1. The van der Waals surface area contributed by atoms with E-state index in [0.717, 1.165) is 52.5 Å². The predicted molar refractivity (Wildman–Crippen MR) is 449 cm³/mol. The summed E-state index contributed by atoms with van der Waals surface area (Å²) >= 11 is 18.2. The van der Waals surface area contributed by atoms with Gasteiger partial charge in [-0.05, 0) is 142 Å². The van der Waals surface area contributed by atoms with E-state index in [4.69, 9.17) is 77.3 Å². The van der Waals surface area contributed by atoms with Crippen LogP contribution in [0.4, 0.5) is 0 Å². The number of carboxylic acids is 1. The van der Waals surface area contributed by atoms with Gasteiger partial charge in [0.25, 0.3) is 0 Å². The number of nitrogens with two attached hydrogens (primary N) is 2. The molecule has 15 rings (SSSR count). The van der Waals surface area contributed by atoms with Crippen molar-refractivity contribution in [3.63, 3.8) is 0 Å². The summed E-state index contributed by atoms with van der Waals surface area (Å²) < 4.78 is 59.3. The van der Waals surface area contributed by atoms with Gasteiger partial charge in [0.2, 0.25) is 53.4 Å². The van der Waals surface area contributed by atoms with E-state index in [0.29, 0.717) is 0 Å². The van der Waals surface area contributed by atoms with Gasteiger partial charge in [-0.3, -0.25) is 38.5 Å². The van der Waals surface area contributed by atoms with Gasteiger partial charge >= 0.3 is 5.97 Å². The van der Waals surface area contributed by atoms with Crippen LogP contribution in [-0.4, -0.2) is 246 Å². The molecule has 9 aliphatic rings. The van der Waals surface area contributed by atoms with Crippen molar-refractivity contribution in [3.8, 4) is 57.1 Å². The highest BCUT2D eigenvalue weighted by atomic mass is 79.9. The number of halogens is 3. The number of nitrogens with one attached hydrogen (secondary N) is 8. The molecule has 38 nitrogen and oxygen atoms in total. The number of hydrogen-bond acceptors (Lipinski definition) is 30. The lowest BCUT2D eigenvalue weighted by Gasteiger charge is -2.48. The van der Waals surface area contributed by atoms with E-state index in [9.17, 15) is 65.4 Å².